The highest BCUT2D eigenvalue weighted by Gasteiger charge is 2.01. The average Bonchev–Trinajstić information content (AvgIpc) is 2.23. The van der Waals surface area contributed by atoms with Crippen molar-refractivity contribution in [3.63, 3.8) is 0 Å². The van der Waals surface area contributed by atoms with E-state index in [0.29, 0.717) is 13.6 Å². The lowest BCUT2D eigenvalue weighted by atomic mass is 10.1. The Morgan fingerprint density at radius 2 is 1.77 bits per heavy atom. The van der Waals surface area contributed by atoms with E-state index in [1.807, 2.05) is 37.3 Å². The predicted molar refractivity (Wildman–Crippen MR) is 52.7 cm³/mol. The van der Waals surface area contributed by atoms with Crippen molar-refractivity contribution in [1.82, 2.24) is 0 Å². The second-order valence-corrected chi connectivity index (χ2v) is 2.54. The van der Waals surface area contributed by atoms with Gasteiger partial charge in [0.15, 0.2) is 5.78 Å². The normalized spacial score (nSPS) is 8.54. The third-order valence-electron chi connectivity index (χ3n) is 1.57. The van der Waals surface area contributed by atoms with Crippen molar-refractivity contribution < 1.29 is 9.18 Å². The molecule has 0 bridgehead atoms. The van der Waals surface area contributed by atoms with E-state index in [-0.39, 0.29) is 5.78 Å². The maximum atomic E-state index is 11.2. The number of hydrogen-bond donors (Lipinski definition) is 0. The number of rotatable bonds is 3. The summed E-state index contributed by atoms with van der Waals surface area (Å²) in [5.74, 6) is 0.244. The third-order valence-corrected chi connectivity index (χ3v) is 1.57. The number of ketones is 1. The van der Waals surface area contributed by atoms with E-state index in [1.165, 1.54) is 0 Å². The van der Waals surface area contributed by atoms with Crippen LogP contribution in [0.25, 0.3) is 0 Å². The second kappa shape index (κ2) is 7.47. The molecule has 0 N–H and O–H groups in total. The van der Waals surface area contributed by atoms with Crippen LogP contribution in [0.15, 0.2) is 30.3 Å². The van der Waals surface area contributed by atoms with E-state index in [0.717, 1.165) is 12.0 Å². The second-order valence-electron chi connectivity index (χ2n) is 2.54. The highest BCUT2D eigenvalue weighted by atomic mass is 19.1. The van der Waals surface area contributed by atoms with E-state index in [1.54, 1.807) is 0 Å². The fourth-order valence-electron chi connectivity index (χ4n) is 0.995. The molecule has 0 radical (unpaired) electrons. The lowest BCUT2D eigenvalue weighted by Gasteiger charge is -1.96. The van der Waals surface area contributed by atoms with E-state index < -0.39 is 0 Å². The highest BCUT2D eigenvalue weighted by Crippen LogP contribution is 2.03. The number of hydrogen-bond acceptors (Lipinski definition) is 1. The van der Waals surface area contributed by atoms with Crippen LogP contribution in [0.1, 0.15) is 30.1 Å². The summed E-state index contributed by atoms with van der Waals surface area (Å²) in [7, 11) is 0.500. The molecule has 0 aliphatic heterocycles. The first-order valence-corrected chi connectivity index (χ1v) is 4.30. The minimum Gasteiger partial charge on any atom is -0.294 e. The minimum absolute atomic E-state index is 0.244. The van der Waals surface area contributed by atoms with Crippen LogP contribution in [0, 0.1) is 0 Å². The molecule has 0 saturated heterocycles. The number of carbonyl (C=O) groups excluding carboxylic acids is 1. The quantitative estimate of drug-likeness (QED) is 0.656. The van der Waals surface area contributed by atoms with Gasteiger partial charge in [0.25, 0.3) is 0 Å². The van der Waals surface area contributed by atoms with Crippen LogP contribution in [-0.2, 0) is 0 Å². The summed E-state index contributed by atoms with van der Waals surface area (Å²) in [6.07, 6.45) is 1.58. The summed E-state index contributed by atoms with van der Waals surface area (Å²) in [5, 5.41) is 0. The Bertz CT molecular complexity index is 231. The predicted octanol–water partition coefficient (Wildman–Crippen LogP) is 3.26. The molecule has 0 unspecified atom stereocenters. The molecule has 1 rings (SSSR count). The molecule has 0 aliphatic carbocycles. The van der Waals surface area contributed by atoms with Gasteiger partial charge in [-0.25, -0.2) is 0 Å². The summed E-state index contributed by atoms with van der Waals surface area (Å²) in [6.45, 7) is 2.01. The van der Waals surface area contributed by atoms with Gasteiger partial charge in [0.05, 0.1) is 7.18 Å². The van der Waals surface area contributed by atoms with Crippen LogP contribution < -0.4 is 0 Å². The molecule has 0 spiro atoms. The number of alkyl halides is 1. The third kappa shape index (κ3) is 4.41. The van der Waals surface area contributed by atoms with Gasteiger partial charge in [-0.15, -0.1) is 0 Å². The zero-order chi connectivity index (χ0) is 10.1. The van der Waals surface area contributed by atoms with Crippen molar-refractivity contribution in [1.29, 1.82) is 0 Å². The van der Waals surface area contributed by atoms with Crippen LogP contribution in [-0.4, -0.2) is 13.0 Å². The molecule has 0 aliphatic rings. The number of Topliss-reactive ketones (excluding diaryl/α,β-unsaturated/α-hetero) is 1. The topological polar surface area (TPSA) is 17.1 Å². The molecule has 0 saturated carbocycles. The maximum Gasteiger partial charge on any atom is 0.162 e. The monoisotopic (exact) mass is 182 g/mol. The molecule has 1 aromatic carbocycles. The Morgan fingerprint density at radius 1 is 1.23 bits per heavy atom. The Balaban J connectivity index is 0.000000671. The van der Waals surface area contributed by atoms with E-state index in [4.69, 9.17) is 0 Å². The Hall–Kier alpha value is -1.18. The first-order valence-electron chi connectivity index (χ1n) is 4.30. The molecule has 0 amide bonds. The molecular weight excluding hydrogens is 167 g/mol. The zero-order valence-electron chi connectivity index (χ0n) is 8.09. The summed E-state index contributed by atoms with van der Waals surface area (Å²) in [5.41, 5.74) is 0.828. The SMILES string of the molecule is CCCC(=O)c1ccccc1.CF. The van der Waals surface area contributed by atoms with Gasteiger partial charge in [-0.3, -0.25) is 9.18 Å². The molecule has 0 fully saturated rings. The fraction of sp³-hybridized carbons (Fsp3) is 0.364. The molecule has 0 heterocycles. The first kappa shape index (κ1) is 11.8. The Labute approximate surface area is 78.6 Å². The van der Waals surface area contributed by atoms with Crippen LogP contribution in [0.2, 0.25) is 0 Å². The summed E-state index contributed by atoms with van der Waals surface area (Å²) in [6, 6.07) is 9.42. The van der Waals surface area contributed by atoms with Crippen LogP contribution >= 0.6 is 0 Å². The van der Waals surface area contributed by atoms with E-state index in [9.17, 15) is 9.18 Å². The van der Waals surface area contributed by atoms with Crippen molar-refractivity contribution >= 4 is 5.78 Å². The number of halogens is 1. The number of carbonyl (C=O) groups is 1. The largest absolute Gasteiger partial charge is 0.294 e. The minimum atomic E-state index is 0.244. The standard InChI is InChI=1S/C10H12O.CH3F/c1-2-6-10(11)9-7-4-3-5-8-9;1-2/h3-5,7-8H,2,6H2,1H3;1H3. The molecular formula is C11H15FO. The zero-order valence-corrected chi connectivity index (χ0v) is 8.09. The Kier molecular flexibility index (Phi) is 6.79. The first-order chi connectivity index (χ1) is 6.34. The van der Waals surface area contributed by atoms with E-state index in [2.05, 4.69) is 0 Å². The highest BCUT2D eigenvalue weighted by molar-refractivity contribution is 5.95. The summed E-state index contributed by atoms with van der Waals surface area (Å²) < 4.78 is 9.50. The molecule has 0 atom stereocenters. The maximum absolute atomic E-state index is 11.2. The van der Waals surface area contributed by atoms with Crippen molar-refractivity contribution in [3.05, 3.63) is 35.9 Å². The molecule has 1 aromatic rings. The van der Waals surface area contributed by atoms with Crippen molar-refractivity contribution in [3.8, 4) is 0 Å². The summed E-state index contributed by atoms with van der Waals surface area (Å²) >= 11 is 0. The lowest BCUT2D eigenvalue weighted by molar-refractivity contribution is 0.0982. The van der Waals surface area contributed by atoms with Gasteiger partial charge < -0.3 is 0 Å². The van der Waals surface area contributed by atoms with Crippen LogP contribution in [0.4, 0.5) is 4.39 Å². The molecule has 2 heteroatoms. The molecule has 0 aromatic heterocycles. The van der Waals surface area contributed by atoms with Crippen LogP contribution in [0.3, 0.4) is 0 Å². The Morgan fingerprint density at radius 3 is 2.23 bits per heavy atom. The summed E-state index contributed by atoms with van der Waals surface area (Å²) in [4.78, 5) is 11.2. The average molecular weight is 182 g/mol. The van der Waals surface area contributed by atoms with Gasteiger partial charge in [0.1, 0.15) is 0 Å². The van der Waals surface area contributed by atoms with Crippen molar-refractivity contribution in [2.24, 2.45) is 0 Å². The van der Waals surface area contributed by atoms with Crippen LogP contribution in [0.5, 0.6) is 0 Å². The van der Waals surface area contributed by atoms with Gasteiger partial charge in [-0.2, -0.15) is 0 Å². The molecule has 13 heavy (non-hydrogen) atoms. The van der Waals surface area contributed by atoms with E-state index >= 15 is 0 Å². The number of benzene rings is 1. The smallest absolute Gasteiger partial charge is 0.162 e. The molecule has 1 nitrogen and oxygen atoms in total. The van der Waals surface area contributed by atoms with Gasteiger partial charge in [-0.05, 0) is 6.42 Å². The van der Waals surface area contributed by atoms with Crippen molar-refractivity contribution in [2.45, 2.75) is 19.8 Å². The fourth-order valence-corrected chi connectivity index (χ4v) is 0.995. The lowest BCUT2D eigenvalue weighted by Crippen LogP contribution is -1.96. The molecule has 72 valence electrons. The van der Waals surface area contributed by atoms with Crippen molar-refractivity contribution in [2.75, 3.05) is 7.18 Å². The van der Waals surface area contributed by atoms with Gasteiger partial charge in [0.2, 0.25) is 0 Å². The van der Waals surface area contributed by atoms with Gasteiger partial charge in [0, 0.05) is 12.0 Å². The van der Waals surface area contributed by atoms with Gasteiger partial charge >= 0.3 is 0 Å². The van der Waals surface area contributed by atoms with Gasteiger partial charge in [-0.1, -0.05) is 37.3 Å².